The Bertz CT molecular complexity index is 845. The molecule has 0 spiro atoms. The van der Waals surface area contributed by atoms with Gasteiger partial charge in [0, 0.05) is 20.5 Å². The first-order valence-electron chi connectivity index (χ1n) is 9.42. The Morgan fingerprint density at radius 1 is 1.08 bits per heavy atom. The van der Waals surface area contributed by atoms with Crippen LogP contribution in [0.5, 0.6) is 0 Å². The van der Waals surface area contributed by atoms with Gasteiger partial charge in [-0.25, -0.2) is 9.78 Å². The maximum atomic E-state index is 12.0. The van der Waals surface area contributed by atoms with Crippen LogP contribution >= 0.6 is 0 Å². The zero-order chi connectivity index (χ0) is 18.5. The average molecular weight is 364 g/mol. The Morgan fingerprint density at radius 3 is 2.54 bits per heavy atom. The molecule has 0 amide bonds. The van der Waals surface area contributed by atoms with E-state index in [9.17, 15) is 9.59 Å². The Labute approximate surface area is 152 Å². The number of aromatic nitrogens is 4. The molecule has 8 heteroatoms. The predicted octanol–water partition coefficient (Wildman–Crippen LogP) is 1.61. The van der Waals surface area contributed by atoms with Gasteiger partial charge in [-0.2, -0.15) is 0 Å². The number of nitrogens with zero attached hydrogens (tertiary/aromatic N) is 3. The number of aromatic amines is 1. The molecule has 144 valence electrons. The number of nitrogens with one attached hydrogen (secondary N) is 1. The number of hydrogen-bond donors (Lipinski definition) is 1. The third-order valence-corrected chi connectivity index (χ3v) is 5.09. The molecule has 0 aliphatic carbocycles. The van der Waals surface area contributed by atoms with Crippen LogP contribution in [0.25, 0.3) is 11.2 Å². The number of fused-ring (bicyclic) bond motifs is 1. The largest absolute Gasteiger partial charge is 0.353 e. The summed E-state index contributed by atoms with van der Waals surface area (Å²) in [4.78, 5) is 30.5. The Hall–Kier alpha value is -1.93. The fourth-order valence-electron chi connectivity index (χ4n) is 3.48. The van der Waals surface area contributed by atoms with Gasteiger partial charge in [-0.3, -0.25) is 14.3 Å². The second kappa shape index (κ2) is 8.64. The van der Waals surface area contributed by atoms with E-state index in [0.717, 1.165) is 38.1 Å². The molecule has 3 rings (SSSR count). The molecule has 3 heterocycles. The Kier molecular flexibility index (Phi) is 6.26. The molecule has 1 fully saturated rings. The normalized spacial score (nSPS) is 17.4. The van der Waals surface area contributed by atoms with Crippen molar-refractivity contribution in [2.75, 3.05) is 13.4 Å². The van der Waals surface area contributed by atoms with Gasteiger partial charge in [-0.15, -0.1) is 0 Å². The zero-order valence-corrected chi connectivity index (χ0v) is 15.6. The lowest BCUT2D eigenvalue weighted by molar-refractivity contribution is 0.0440. The third kappa shape index (κ3) is 4.24. The third-order valence-electron chi connectivity index (χ3n) is 5.09. The van der Waals surface area contributed by atoms with Gasteiger partial charge in [0.2, 0.25) is 0 Å². The summed E-state index contributed by atoms with van der Waals surface area (Å²) < 4.78 is 13.8. The van der Waals surface area contributed by atoms with Gasteiger partial charge in [-0.1, -0.05) is 32.1 Å². The fraction of sp³-hybridized carbons (Fsp3) is 0.722. The van der Waals surface area contributed by atoms with Crippen molar-refractivity contribution in [1.82, 2.24) is 19.1 Å². The number of rotatable bonds is 9. The molecule has 1 atom stereocenters. The van der Waals surface area contributed by atoms with E-state index in [1.165, 1.54) is 30.3 Å². The Balaban J connectivity index is 1.41. The van der Waals surface area contributed by atoms with Crippen LogP contribution < -0.4 is 11.2 Å². The highest BCUT2D eigenvalue weighted by molar-refractivity contribution is 5.70. The van der Waals surface area contributed by atoms with Crippen molar-refractivity contribution >= 4 is 11.2 Å². The highest BCUT2D eigenvalue weighted by Gasteiger charge is 2.15. The minimum atomic E-state index is -0.429. The van der Waals surface area contributed by atoms with Crippen LogP contribution in [-0.4, -0.2) is 38.6 Å². The van der Waals surface area contributed by atoms with Gasteiger partial charge in [0.05, 0.1) is 12.7 Å². The number of imidazole rings is 1. The smallest absolute Gasteiger partial charge is 0.329 e. The van der Waals surface area contributed by atoms with Crippen LogP contribution in [0.4, 0.5) is 0 Å². The van der Waals surface area contributed by atoms with E-state index in [-0.39, 0.29) is 5.56 Å². The molecule has 1 aliphatic heterocycles. The van der Waals surface area contributed by atoms with E-state index in [1.54, 1.807) is 11.6 Å². The standard InChI is InChI=1S/C18H28N4O4/c1-21-14(19-16-15(21)17(23)20-18(24)22(16)2)10-8-6-4-3-5-7-9-13-11-25-12-26-13/h13H,3-12H2,1-2H3,(H,20,23,24). The summed E-state index contributed by atoms with van der Waals surface area (Å²) in [5, 5.41) is 0. The van der Waals surface area contributed by atoms with Crippen molar-refractivity contribution in [3.63, 3.8) is 0 Å². The summed E-state index contributed by atoms with van der Waals surface area (Å²) >= 11 is 0. The molecular formula is C18H28N4O4. The molecule has 26 heavy (non-hydrogen) atoms. The van der Waals surface area contributed by atoms with E-state index in [4.69, 9.17) is 9.47 Å². The van der Waals surface area contributed by atoms with E-state index >= 15 is 0 Å². The van der Waals surface area contributed by atoms with E-state index in [0.29, 0.717) is 24.1 Å². The first-order chi connectivity index (χ1) is 12.6. The molecule has 1 unspecified atom stereocenters. The quantitative estimate of drug-likeness (QED) is 0.683. The summed E-state index contributed by atoms with van der Waals surface area (Å²) in [5.74, 6) is 0.852. The summed E-state index contributed by atoms with van der Waals surface area (Å²) in [6, 6.07) is 0. The fourth-order valence-corrected chi connectivity index (χ4v) is 3.48. The molecule has 2 aromatic rings. The summed E-state index contributed by atoms with van der Waals surface area (Å²) in [5.41, 5.74) is 0.109. The molecule has 0 aromatic carbocycles. The van der Waals surface area contributed by atoms with Crippen LogP contribution in [0.3, 0.4) is 0 Å². The van der Waals surface area contributed by atoms with Crippen LogP contribution in [0.1, 0.15) is 50.8 Å². The lowest BCUT2D eigenvalue weighted by atomic mass is 10.1. The van der Waals surface area contributed by atoms with Crippen molar-refractivity contribution in [2.24, 2.45) is 14.1 Å². The minimum Gasteiger partial charge on any atom is -0.353 e. The van der Waals surface area contributed by atoms with Gasteiger partial charge in [0.25, 0.3) is 5.56 Å². The summed E-state index contributed by atoms with van der Waals surface area (Å²) in [6.07, 6.45) is 9.21. The Morgan fingerprint density at radius 2 is 1.81 bits per heavy atom. The van der Waals surface area contributed by atoms with Crippen LogP contribution in [0.15, 0.2) is 9.59 Å². The van der Waals surface area contributed by atoms with Crippen molar-refractivity contribution in [3.8, 4) is 0 Å². The predicted molar refractivity (Wildman–Crippen MR) is 98.3 cm³/mol. The van der Waals surface area contributed by atoms with E-state index in [2.05, 4.69) is 9.97 Å². The van der Waals surface area contributed by atoms with Crippen LogP contribution in [0, 0.1) is 0 Å². The number of hydrogen-bond acceptors (Lipinski definition) is 5. The van der Waals surface area contributed by atoms with Crippen molar-refractivity contribution < 1.29 is 9.47 Å². The van der Waals surface area contributed by atoms with Crippen LogP contribution in [-0.2, 0) is 30.0 Å². The van der Waals surface area contributed by atoms with Crippen molar-refractivity contribution in [1.29, 1.82) is 0 Å². The van der Waals surface area contributed by atoms with Crippen LogP contribution in [0.2, 0.25) is 0 Å². The van der Waals surface area contributed by atoms with Crippen molar-refractivity contribution in [3.05, 3.63) is 26.7 Å². The topological polar surface area (TPSA) is 91.1 Å². The molecular weight excluding hydrogens is 336 g/mol. The zero-order valence-electron chi connectivity index (χ0n) is 15.6. The maximum Gasteiger partial charge on any atom is 0.329 e. The molecule has 1 aliphatic rings. The average Bonchev–Trinajstić information content (AvgIpc) is 3.24. The number of unbranched alkanes of at least 4 members (excludes halogenated alkanes) is 5. The molecule has 8 nitrogen and oxygen atoms in total. The lowest BCUT2D eigenvalue weighted by Crippen LogP contribution is -2.29. The monoisotopic (exact) mass is 364 g/mol. The highest BCUT2D eigenvalue weighted by Crippen LogP contribution is 2.15. The van der Waals surface area contributed by atoms with Gasteiger partial charge in [0.1, 0.15) is 12.6 Å². The second-order valence-electron chi connectivity index (χ2n) is 7.01. The van der Waals surface area contributed by atoms with Gasteiger partial charge in [0.15, 0.2) is 11.2 Å². The lowest BCUT2D eigenvalue weighted by Gasteiger charge is -2.06. The molecule has 0 radical (unpaired) electrons. The number of aryl methyl sites for hydroxylation is 3. The molecule has 0 bridgehead atoms. The first-order valence-corrected chi connectivity index (χ1v) is 9.42. The minimum absolute atomic E-state index is 0.298. The van der Waals surface area contributed by atoms with E-state index in [1.807, 2.05) is 7.05 Å². The summed E-state index contributed by atoms with van der Waals surface area (Å²) in [6.45, 7) is 1.19. The molecule has 1 N–H and O–H groups in total. The number of H-pyrrole nitrogens is 1. The van der Waals surface area contributed by atoms with Crippen molar-refractivity contribution in [2.45, 2.75) is 57.5 Å². The SMILES string of the molecule is Cn1c(CCCCCCCCC2COCO2)nc2c1c(=O)[nH]c(=O)n2C. The van der Waals surface area contributed by atoms with Gasteiger partial charge < -0.3 is 14.0 Å². The van der Waals surface area contributed by atoms with Gasteiger partial charge >= 0.3 is 5.69 Å². The second-order valence-corrected chi connectivity index (χ2v) is 7.01. The molecule has 0 saturated carbocycles. The van der Waals surface area contributed by atoms with Gasteiger partial charge in [-0.05, 0) is 12.8 Å². The molecule has 1 saturated heterocycles. The number of ether oxygens (including phenoxy) is 2. The first kappa shape index (κ1) is 18.8. The van der Waals surface area contributed by atoms with E-state index < -0.39 is 5.69 Å². The molecule has 2 aromatic heterocycles. The summed E-state index contributed by atoms with van der Waals surface area (Å²) in [7, 11) is 3.46. The maximum absolute atomic E-state index is 12.0. The highest BCUT2D eigenvalue weighted by atomic mass is 16.7.